The largest absolute Gasteiger partial charge is 0.497 e. The third-order valence-electron chi connectivity index (χ3n) is 5.50. The van der Waals surface area contributed by atoms with Crippen molar-refractivity contribution in [3.05, 3.63) is 95.6 Å². The van der Waals surface area contributed by atoms with E-state index >= 15 is 0 Å². The van der Waals surface area contributed by atoms with E-state index in [1.165, 1.54) is 0 Å². The summed E-state index contributed by atoms with van der Waals surface area (Å²) in [7, 11) is -2.03. The molecule has 2 atom stereocenters. The Labute approximate surface area is 196 Å². The molecule has 7 heteroatoms. The number of carbonyl (C=O) groups excluding carboxylic acids is 1. The maximum Gasteiger partial charge on any atom is 0.241 e. The molecule has 3 aromatic carbocycles. The number of aryl methyl sites for hydroxylation is 1. The van der Waals surface area contributed by atoms with Crippen LogP contribution in [0.4, 0.5) is 0 Å². The summed E-state index contributed by atoms with van der Waals surface area (Å²) in [6.07, 6.45) is 0.839. The van der Waals surface area contributed by atoms with Crippen molar-refractivity contribution < 1.29 is 17.9 Å². The minimum atomic E-state index is -3.65. The van der Waals surface area contributed by atoms with Crippen molar-refractivity contribution in [3.63, 3.8) is 0 Å². The van der Waals surface area contributed by atoms with Crippen LogP contribution in [-0.2, 0) is 21.2 Å². The van der Waals surface area contributed by atoms with Crippen LogP contribution in [0.3, 0.4) is 0 Å². The zero-order valence-corrected chi connectivity index (χ0v) is 19.9. The van der Waals surface area contributed by atoms with Crippen molar-refractivity contribution in [2.24, 2.45) is 0 Å². The SMILES string of the molecule is COc1ccc([C@@H](C)NC(=O)CCc2ccc(S(=O)(=O)N[C@H](C)c3ccccc3)cc2)cc1. The van der Waals surface area contributed by atoms with Crippen molar-refractivity contribution in [3.8, 4) is 5.75 Å². The molecule has 0 radical (unpaired) electrons. The average molecular weight is 467 g/mol. The van der Waals surface area contributed by atoms with Crippen molar-refractivity contribution in [2.75, 3.05) is 7.11 Å². The first-order chi connectivity index (χ1) is 15.8. The normalized spacial score (nSPS) is 13.2. The number of benzene rings is 3. The molecule has 0 aliphatic carbocycles. The molecule has 2 N–H and O–H groups in total. The molecule has 0 saturated carbocycles. The maximum atomic E-state index is 12.7. The van der Waals surface area contributed by atoms with Gasteiger partial charge in [0.05, 0.1) is 18.0 Å². The van der Waals surface area contributed by atoms with E-state index in [4.69, 9.17) is 4.74 Å². The number of hydrogen-bond donors (Lipinski definition) is 2. The van der Waals surface area contributed by atoms with E-state index in [1.54, 1.807) is 31.4 Å². The van der Waals surface area contributed by atoms with Crippen LogP contribution in [0.2, 0.25) is 0 Å². The zero-order valence-electron chi connectivity index (χ0n) is 19.1. The van der Waals surface area contributed by atoms with Crippen LogP contribution in [0.25, 0.3) is 0 Å². The Hall–Kier alpha value is -3.16. The van der Waals surface area contributed by atoms with Gasteiger partial charge in [-0.1, -0.05) is 54.6 Å². The Morgan fingerprint density at radius 1 is 0.848 bits per heavy atom. The fourth-order valence-electron chi connectivity index (χ4n) is 3.49. The van der Waals surface area contributed by atoms with Crippen LogP contribution in [0, 0.1) is 0 Å². The van der Waals surface area contributed by atoms with E-state index in [9.17, 15) is 13.2 Å². The summed E-state index contributed by atoms with van der Waals surface area (Å²) in [6.45, 7) is 3.75. The lowest BCUT2D eigenvalue weighted by Crippen LogP contribution is -2.27. The highest BCUT2D eigenvalue weighted by Gasteiger charge is 2.18. The van der Waals surface area contributed by atoms with E-state index in [2.05, 4.69) is 10.0 Å². The van der Waals surface area contributed by atoms with Crippen molar-refractivity contribution in [1.82, 2.24) is 10.0 Å². The average Bonchev–Trinajstić information content (AvgIpc) is 2.83. The van der Waals surface area contributed by atoms with E-state index in [0.717, 1.165) is 22.4 Å². The Balaban J connectivity index is 1.52. The first-order valence-corrected chi connectivity index (χ1v) is 12.4. The molecule has 0 saturated heterocycles. The van der Waals surface area contributed by atoms with Gasteiger partial charge in [-0.25, -0.2) is 13.1 Å². The van der Waals surface area contributed by atoms with Crippen LogP contribution in [-0.4, -0.2) is 21.4 Å². The number of methoxy groups -OCH3 is 1. The third kappa shape index (κ3) is 6.91. The Kier molecular flexibility index (Phi) is 8.25. The smallest absolute Gasteiger partial charge is 0.241 e. The van der Waals surface area contributed by atoms with Gasteiger partial charge in [-0.2, -0.15) is 0 Å². The van der Waals surface area contributed by atoms with Crippen LogP contribution in [0.15, 0.2) is 83.8 Å². The minimum absolute atomic E-state index is 0.0617. The quantitative estimate of drug-likeness (QED) is 0.459. The van der Waals surface area contributed by atoms with Crippen molar-refractivity contribution in [2.45, 2.75) is 43.7 Å². The summed E-state index contributed by atoms with van der Waals surface area (Å²) in [5, 5.41) is 2.99. The minimum Gasteiger partial charge on any atom is -0.497 e. The summed E-state index contributed by atoms with van der Waals surface area (Å²) >= 11 is 0. The Bertz CT molecular complexity index is 1150. The Morgan fingerprint density at radius 3 is 2.06 bits per heavy atom. The van der Waals surface area contributed by atoms with Gasteiger partial charge in [0, 0.05) is 12.5 Å². The summed E-state index contributed by atoms with van der Waals surface area (Å²) in [6, 6.07) is 23.2. The van der Waals surface area contributed by atoms with Gasteiger partial charge in [-0.15, -0.1) is 0 Å². The predicted octanol–water partition coefficient (Wildman–Crippen LogP) is 4.54. The van der Waals surface area contributed by atoms with Gasteiger partial charge in [-0.3, -0.25) is 4.79 Å². The molecular weight excluding hydrogens is 436 g/mol. The van der Waals surface area contributed by atoms with Crippen molar-refractivity contribution >= 4 is 15.9 Å². The molecule has 6 nitrogen and oxygen atoms in total. The highest BCUT2D eigenvalue weighted by atomic mass is 32.2. The third-order valence-corrected chi connectivity index (χ3v) is 7.06. The van der Waals surface area contributed by atoms with Gasteiger partial charge in [0.1, 0.15) is 5.75 Å². The maximum absolute atomic E-state index is 12.7. The molecule has 0 bridgehead atoms. The van der Waals surface area contributed by atoms with Crippen LogP contribution >= 0.6 is 0 Å². The molecule has 3 aromatic rings. The van der Waals surface area contributed by atoms with Gasteiger partial charge in [0.2, 0.25) is 15.9 Å². The molecule has 0 unspecified atom stereocenters. The van der Waals surface area contributed by atoms with E-state index < -0.39 is 10.0 Å². The van der Waals surface area contributed by atoms with Crippen LogP contribution in [0.1, 0.15) is 49.0 Å². The number of ether oxygens (including phenoxy) is 1. The second-order valence-electron chi connectivity index (χ2n) is 7.96. The molecule has 0 aliphatic heterocycles. The van der Waals surface area contributed by atoms with E-state index in [-0.39, 0.29) is 22.9 Å². The number of sulfonamides is 1. The molecule has 3 rings (SSSR count). The standard InChI is InChI=1S/C26H30N2O4S/c1-19(23-12-14-24(32-3)15-13-23)27-26(29)18-11-21-9-16-25(17-10-21)33(30,31)28-20(2)22-7-5-4-6-8-22/h4-10,12-17,19-20,28H,11,18H2,1-3H3,(H,27,29)/t19-,20-/m1/s1. The molecule has 0 heterocycles. The molecule has 33 heavy (non-hydrogen) atoms. The van der Waals surface area contributed by atoms with Crippen molar-refractivity contribution in [1.29, 1.82) is 0 Å². The summed E-state index contributed by atoms with van der Waals surface area (Å²) in [4.78, 5) is 12.6. The number of hydrogen-bond acceptors (Lipinski definition) is 4. The fraction of sp³-hybridized carbons (Fsp3) is 0.269. The lowest BCUT2D eigenvalue weighted by atomic mass is 10.1. The molecule has 1 amide bonds. The van der Waals surface area contributed by atoms with Crippen LogP contribution < -0.4 is 14.8 Å². The Morgan fingerprint density at radius 2 is 1.45 bits per heavy atom. The summed E-state index contributed by atoms with van der Waals surface area (Å²) in [5.41, 5.74) is 2.79. The summed E-state index contributed by atoms with van der Waals surface area (Å²) < 4.78 is 33.3. The highest BCUT2D eigenvalue weighted by molar-refractivity contribution is 7.89. The first kappa shape index (κ1) is 24.5. The highest BCUT2D eigenvalue weighted by Crippen LogP contribution is 2.19. The molecular formula is C26H30N2O4S. The number of nitrogens with one attached hydrogen (secondary N) is 2. The summed E-state index contributed by atoms with van der Waals surface area (Å²) in [5.74, 6) is 0.709. The lowest BCUT2D eigenvalue weighted by Gasteiger charge is -2.15. The van der Waals surface area contributed by atoms with E-state index in [0.29, 0.717) is 12.8 Å². The van der Waals surface area contributed by atoms with E-state index in [1.807, 2.05) is 68.4 Å². The van der Waals surface area contributed by atoms with Gasteiger partial charge in [-0.05, 0) is 61.2 Å². The zero-order chi connectivity index (χ0) is 23.8. The van der Waals surface area contributed by atoms with Gasteiger partial charge < -0.3 is 10.1 Å². The molecule has 0 spiro atoms. The number of rotatable bonds is 10. The first-order valence-electron chi connectivity index (χ1n) is 10.9. The van der Waals surface area contributed by atoms with Crippen LogP contribution in [0.5, 0.6) is 5.75 Å². The number of amides is 1. The second kappa shape index (κ2) is 11.1. The molecule has 0 fully saturated rings. The monoisotopic (exact) mass is 466 g/mol. The number of carbonyl (C=O) groups is 1. The molecule has 174 valence electrons. The topological polar surface area (TPSA) is 84.5 Å². The van der Waals surface area contributed by atoms with Gasteiger partial charge >= 0.3 is 0 Å². The van der Waals surface area contributed by atoms with Gasteiger partial charge in [0.25, 0.3) is 0 Å². The second-order valence-corrected chi connectivity index (χ2v) is 9.67. The molecule has 0 aliphatic rings. The fourth-order valence-corrected chi connectivity index (χ4v) is 4.73. The molecule has 0 aromatic heterocycles. The lowest BCUT2D eigenvalue weighted by molar-refractivity contribution is -0.121. The van der Waals surface area contributed by atoms with Gasteiger partial charge in [0.15, 0.2) is 0 Å². The predicted molar refractivity (Wildman–Crippen MR) is 129 cm³/mol.